The van der Waals surface area contributed by atoms with E-state index >= 15 is 0 Å². The molecule has 1 aliphatic rings. The van der Waals surface area contributed by atoms with Crippen LogP contribution < -0.4 is 5.32 Å². The third kappa shape index (κ3) is 2.47. The SMILES string of the molecule is O=C(Nc1ccc(O)c(F)c1)C1CCSC1. The topological polar surface area (TPSA) is 49.3 Å². The molecule has 0 aromatic heterocycles. The summed E-state index contributed by atoms with van der Waals surface area (Å²) in [5, 5.41) is 11.6. The van der Waals surface area contributed by atoms with Gasteiger partial charge < -0.3 is 10.4 Å². The lowest BCUT2D eigenvalue weighted by Crippen LogP contribution is -2.22. The van der Waals surface area contributed by atoms with Gasteiger partial charge in [0.15, 0.2) is 11.6 Å². The minimum atomic E-state index is -0.724. The molecule has 2 N–H and O–H groups in total. The minimum absolute atomic E-state index is 0.0156. The molecule has 2 rings (SSSR count). The first-order valence-electron chi connectivity index (χ1n) is 5.04. The van der Waals surface area contributed by atoms with Crippen molar-refractivity contribution in [3.05, 3.63) is 24.0 Å². The number of phenolic OH excluding ortho intramolecular Hbond substituents is 1. The Bertz CT molecular complexity index is 405. The van der Waals surface area contributed by atoms with Crippen LogP contribution >= 0.6 is 11.8 Å². The van der Waals surface area contributed by atoms with Crippen LogP contribution in [0.2, 0.25) is 0 Å². The Morgan fingerprint density at radius 1 is 1.56 bits per heavy atom. The van der Waals surface area contributed by atoms with Crippen molar-refractivity contribution < 1.29 is 14.3 Å². The zero-order valence-electron chi connectivity index (χ0n) is 8.57. The fourth-order valence-electron chi connectivity index (χ4n) is 1.57. The highest BCUT2D eigenvalue weighted by Crippen LogP contribution is 2.25. The summed E-state index contributed by atoms with van der Waals surface area (Å²) in [6.07, 6.45) is 0.872. The molecule has 1 aliphatic heterocycles. The van der Waals surface area contributed by atoms with Gasteiger partial charge in [0.25, 0.3) is 0 Å². The molecule has 1 fully saturated rings. The monoisotopic (exact) mass is 241 g/mol. The molecule has 0 aliphatic carbocycles. The van der Waals surface area contributed by atoms with Crippen molar-refractivity contribution in [2.45, 2.75) is 6.42 Å². The van der Waals surface area contributed by atoms with E-state index in [-0.39, 0.29) is 11.8 Å². The highest BCUT2D eigenvalue weighted by Gasteiger charge is 2.23. The summed E-state index contributed by atoms with van der Waals surface area (Å²) in [5.74, 6) is 0.638. The number of rotatable bonds is 2. The van der Waals surface area contributed by atoms with Crippen LogP contribution in [0.25, 0.3) is 0 Å². The summed E-state index contributed by atoms with van der Waals surface area (Å²) < 4.78 is 13.0. The Balaban J connectivity index is 2.02. The molecule has 0 spiro atoms. The van der Waals surface area contributed by atoms with Gasteiger partial charge in [-0.3, -0.25) is 4.79 Å². The molecule has 1 saturated heterocycles. The van der Waals surface area contributed by atoms with Crippen LogP contribution in [-0.2, 0) is 4.79 Å². The highest BCUT2D eigenvalue weighted by molar-refractivity contribution is 7.99. The number of halogens is 1. The van der Waals surface area contributed by atoms with Crippen LogP contribution in [0.15, 0.2) is 18.2 Å². The summed E-state index contributed by atoms with van der Waals surface area (Å²) in [6, 6.07) is 3.84. The fourth-order valence-corrected chi connectivity index (χ4v) is 2.79. The smallest absolute Gasteiger partial charge is 0.228 e. The van der Waals surface area contributed by atoms with Gasteiger partial charge in [0.05, 0.1) is 0 Å². The molecule has 0 radical (unpaired) electrons. The number of amides is 1. The van der Waals surface area contributed by atoms with Gasteiger partial charge in [-0.2, -0.15) is 11.8 Å². The number of carbonyl (C=O) groups is 1. The van der Waals surface area contributed by atoms with Crippen molar-refractivity contribution in [1.29, 1.82) is 0 Å². The lowest BCUT2D eigenvalue weighted by molar-refractivity contribution is -0.119. The second kappa shape index (κ2) is 4.74. The number of aromatic hydroxyl groups is 1. The van der Waals surface area contributed by atoms with Crippen molar-refractivity contribution >= 4 is 23.4 Å². The molecule has 1 atom stereocenters. The molecule has 1 unspecified atom stereocenters. The van der Waals surface area contributed by atoms with Crippen molar-refractivity contribution in [3.63, 3.8) is 0 Å². The first-order valence-corrected chi connectivity index (χ1v) is 6.19. The number of carbonyl (C=O) groups excluding carboxylic acids is 1. The Labute approximate surface area is 97.0 Å². The quantitative estimate of drug-likeness (QED) is 0.781. The van der Waals surface area contributed by atoms with Crippen molar-refractivity contribution in [3.8, 4) is 5.75 Å². The molecular formula is C11H12FNO2S. The van der Waals surface area contributed by atoms with Gasteiger partial charge in [-0.05, 0) is 24.3 Å². The first-order chi connectivity index (χ1) is 7.66. The van der Waals surface area contributed by atoms with Gasteiger partial charge in [-0.15, -0.1) is 0 Å². The van der Waals surface area contributed by atoms with E-state index in [9.17, 15) is 9.18 Å². The lowest BCUT2D eigenvalue weighted by Gasteiger charge is -2.09. The van der Waals surface area contributed by atoms with E-state index < -0.39 is 11.6 Å². The third-order valence-corrected chi connectivity index (χ3v) is 3.68. The first kappa shape index (κ1) is 11.3. The molecule has 0 saturated carbocycles. The fraction of sp³-hybridized carbons (Fsp3) is 0.364. The summed E-state index contributed by atoms with van der Waals surface area (Å²) >= 11 is 1.75. The largest absolute Gasteiger partial charge is 0.505 e. The lowest BCUT2D eigenvalue weighted by atomic mass is 10.1. The summed E-state index contributed by atoms with van der Waals surface area (Å²) in [5.41, 5.74) is 0.386. The Morgan fingerprint density at radius 3 is 3.00 bits per heavy atom. The maximum atomic E-state index is 13.0. The summed E-state index contributed by atoms with van der Waals surface area (Å²) in [7, 11) is 0. The van der Waals surface area contributed by atoms with Gasteiger partial charge in [-0.1, -0.05) is 0 Å². The maximum absolute atomic E-state index is 13.0. The number of hydrogen-bond donors (Lipinski definition) is 2. The van der Waals surface area contributed by atoms with Crippen molar-refractivity contribution in [2.24, 2.45) is 5.92 Å². The van der Waals surface area contributed by atoms with Crippen molar-refractivity contribution in [1.82, 2.24) is 0 Å². The van der Waals surface area contributed by atoms with Crippen LogP contribution in [0.4, 0.5) is 10.1 Å². The van der Waals surface area contributed by atoms with E-state index in [4.69, 9.17) is 5.11 Å². The maximum Gasteiger partial charge on any atom is 0.228 e. The molecule has 86 valence electrons. The van der Waals surface area contributed by atoms with Gasteiger partial charge in [0.2, 0.25) is 5.91 Å². The molecule has 1 aromatic rings. The van der Waals surface area contributed by atoms with Crippen LogP contribution in [0.1, 0.15) is 6.42 Å². The average Bonchev–Trinajstić information content (AvgIpc) is 2.77. The molecule has 3 nitrogen and oxygen atoms in total. The number of anilines is 1. The normalized spacial score (nSPS) is 19.7. The van der Waals surface area contributed by atoms with Gasteiger partial charge in [0, 0.05) is 23.4 Å². The number of thioether (sulfide) groups is 1. The second-order valence-corrected chi connectivity index (χ2v) is 4.87. The van der Waals surface area contributed by atoms with E-state index in [1.165, 1.54) is 12.1 Å². The average molecular weight is 241 g/mol. The molecular weight excluding hydrogens is 229 g/mol. The van der Waals surface area contributed by atoms with Gasteiger partial charge in [0.1, 0.15) is 0 Å². The predicted octanol–water partition coefficient (Wildman–Crippen LogP) is 2.22. The van der Waals surface area contributed by atoms with Crippen LogP contribution in [0.5, 0.6) is 5.75 Å². The third-order valence-electron chi connectivity index (χ3n) is 2.52. The summed E-state index contributed by atoms with van der Waals surface area (Å²) in [6.45, 7) is 0. The van der Waals surface area contributed by atoms with E-state index in [0.717, 1.165) is 24.0 Å². The van der Waals surface area contributed by atoms with Crippen LogP contribution in [0.3, 0.4) is 0 Å². The molecule has 1 aromatic carbocycles. The Hall–Kier alpha value is -1.23. The zero-order valence-corrected chi connectivity index (χ0v) is 9.39. The number of phenols is 1. The van der Waals surface area contributed by atoms with Gasteiger partial charge >= 0.3 is 0 Å². The zero-order chi connectivity index (χ0) is 11.5. The highest BCUT2D eigenvalue weighted by atomic mass is 32.2. The molecule has 1 amide bonds. The number of nitrogens with one attached hydrogen (secondary N) is 1. The Morgan fingerprint density at radius 2 is 2.38 bits per heavy atom. The van der Waals surface area contributed by atoms with Crippen molar-refractivity contribution in [2.75, 3.05) is 16.8 Å². The molecule has 0 bridgehead atoms. The molecule has 16 heavy (non-hydrogen) atoms. The molecule has 1 heterocycles. The summed E-state index contributed by atoms with van der Waals surface area (Å²) in [4.78, 5) is 11.7. The van der Waals surface area contributed by atoms with Crippen LogP contribution in [-0.4, -0.2) is 22.5 Å². The second-order valence-electron chi connectivity index (χ2n) is 3.72. The Kier molecular flexibility index (Phi) is 3.33. The van der Waals surface area contributed by atoms with Gasteiger partial charge in [-0.25, -0.2) is 4.39 Å². The van der Waals surface area contributed by atoms with Crippen LogP contribution in [0, 0.1) is 11.7 Å². The van der Waals surface area contributed by atoms with E-state index in [2.05, 4.69) is 5.32 Å². The standard InChI is InChI=1S/C11H12FNO2S/c12-9-5-8(1-2-10(9)14)13-11(15)7-3-4-16-6-7/h1-2,5,7,14H,3-4,6H2,(H,13,15). The molecule has 5 heteroatoms. The van der Waals surface area contributed by atoms with E-state index in [0.29, 0.717) is 5.69 Å². The van der Waals surface area contributed by atoms with E-state index in [1.807, 2.05) is 0 Å². The van der Waals surface area contributed by atoms with E-state index in [1.54, 1.807) is 11.8 Å². The number of hydrogen-bond acceptors (Lipinski definition) is 3. The minimum Gasteiger partial charge on any atom is -0.505 e. The number of benzene rings is 1. The predicted molar refractivity (Wildman–Crippen MR) is 62.1 cm³/mol.